The topological polar surface area (TPSA) is 96.4 Å². The minimum absolute atomic E-state index is 0.337. The molecule has 1 aromatic heterocycles. The number of hydrogen-bond acceptors (Lipinski definition) is 5. The molecule has 32 heavy (non-hydrogen) atoms. The number of carbonyl (C=O) groups is 1. The van der Waals surface area contributed by atoms with Crippen molar-refractivity contribution in [3.8, 4) is 0 Å². The summed E-state index contributed by atoms with van der Waals surface area (Å²) in [5.41, 5.74) is 8.86. The Balaban J connectivity index is 1.22. The number of piperidine rings is 1. The Morgan fingerprint density at radius 3 is 2.62 bits per heavy atom. The van der Waals surface area contributed by atoms with Crippen LogP contribution in [-0.2, 0) is 6.54 Å². The van der Waals surface area contributed by atoms with Gasteiger partial charge in [-0.05, 0) is 60.3 Å². The molecule has 1 aliphatic heterocycles. The van der Waals surface area contributed by atoms with Gasteiger partial charge < -0.3 is 16.2 Å². The van der Waals surface area contributed by atoms with E-state index in [1.165, 1.54) is 20.9 Å². The monoisotopic (exact) mass is 429 g/mol. The summed E-state index contributed by atoms with van der Waals surface area (Å²) in [6.45, 7) is 3.70. The van der Waals surface area contributed by atoms with E-state index in [4.69, 9.17) is 5.73 Å². The van der Waals surface area contributed by atoms with Crippen molar-refractivity contribution in [2.75, 3.05) is 30.7 Å². The first-order valence-corrected chi connectivity index (χ1v) is 11.0. The Labute approximate surface area is 186 Å². The summed E-state index contributed by atoms with van der Waals surface area (Å²) in [6.07, 6.45) is 1.06. The number of nitrogens with zero attached hydrogens (tertiary/aromatic N) is 3. The summed E-state index contributed by atoms with van der Waals surface area (Å²) in [5, 5.41) is 15.5. The minimum atomic E-state index is -1.06. The Morgan fingerprint density at radius 2 is 1.81 bits per heavy atom. The van der Waals surface area contributed by atoms with Crippen LogP contribution in [0.25, 0.3) is 21.8 Å². The van der Waals surface area contributed by atoms with Gasteiger partial charge in [-0.3, -0.25) is 4.90 Å². The number of hydrogen-bond donors (Lipinski definition) is 3. The summed E-state index contributed by atoms with van der Waals surface area (Å²) in [7, 11) is 0. The number of para-hydroxylation sites is 1. The predicted octanol–water partition coefficient (Wildman–Crippen LogP) is 4.62. The molecule has 7 heteroatoms. The standard InChI is InChI=1S/C25H27N5O2/c26-21-9-4-10-22-23(21)28-24(30(22)25(31)32)27-15-17-11-13-29(14-12-17)16-19-7-3-6-18-5-1-2-8-20(18)19/h1-10,17H,11-16,26H2,(H,27,28)(H,31,32). The van der Waals surface area contributed by atoms with Crippen molar-refractivity contribution >= 4 is 39.5 Å². The molecule has 7 nitrogen and oxygen atoms in total. The van der Waals surface area contributed by atoms with E-state index in [0.29, 0.717) is 35.1 Å². The van der Waals surface area contributed by atoms with Crippen LogP contribution in [0.3, 0.4) is 0 Å². The van der Waals surface area contributed by atoms with Crippen LogP contribution in [0.1, 0.15) is 18.4 Å². The van der Waals surface area contributed by atoms with Crippen molar-refractivity contribution in [3.05, 3.63) is 66.2 Å². The van der Waals surface area contributed by atoms with Crippen LogP contribution >= 0.6 is 0 Å². The summed E-state index contributed by atoms with van der Waals surface area (Å²) < 4.78 is 1.18. The zero-order valence-corrected chi connectivity index (χ0v) is 17.9. The van der Waals surface area contributed by atoms with Gasteiger partial charge in [0.15, 0.2) is 0 Å². The highest BCUT2D eigenvalue weighted by Gasteiger charge is 2.22. The number of nitrogen functional groups attached to an aromatic ring is 1. The Bertz CT molecular complexity index is 1270. The predicted molar refractivity (Wildman–Crippen MR) is 128 cm³/mol. The van der Waals surface area contributed by atoms with Crippen molar-refractivity contribution < 1.29 is 9.90 Å². The van der Waals surface area contributed by atoms with Gasteiger partial charge in [-0.2, -0.15) is 0 Å². The van der Waals surface area contributed by atoms with E-state index in [1.807, 2.05) is 0 Å². The minimum Gasteiger partial charge on any atom is -0.464 e. The highest BCUT2D eigenvalue weighted by atomic mass is 16.4. The molecule has 0 atom stereocenters. The van der Waals surface area contributed by atoms with Crippen LogP contribution in [0.4, 0.5) is 16.4 Å². The lowest BCUT2D eigenvalue weighted by atomic mass is 9.96. The fourth-order valence-electron chi connectivity index (χ4n) is 4.69. The van der Waals surface area contributed by atoms with E-state index in [1.54, 1.807) is 18.2 Å². The van der Waals surface area contributed by atoms with E-state index < -0.39 is 6.09 Å². The fourth-order valence-corrected chi connectivity index (χ4v) is 4.69. The fraction of sp³-hybridized carbons (Fsp3) is 0.280. The maximum absolute atomic E-state index is 11.8. The second kappa shape index (κ2) is 8.51. The number of carboxylic acid groups (broad SMARTS) is 1. The highest BCUT2D eigenvalue weighted by Crippen LogP contribution is 2.26. The quantitative estimate of drug-likeness (QED) is 0.401. The molecule has 0 bridgehead atoms. The maximum atomic E-state index is 11.8. The maximum Gasteiger partial charge on any atom is 0.418 e. The van der Waals surface area contributed by atoms with Crippen LogP contribution in [-0.4, -0.2) is 45.3 Å². The number of benzene rings is 3. The van der Waals surface area contributed by atoms with Gasteiger partial charge >= 0.3 is 6.09 Å². The first-order valence-electron chi connectivity index (χ1n) is 11.0. The van der Waals surface area contributed by atoms with Gasteiger partial charge in [-0.15, -0.1) is 0 Å². The number of anilines is 2. The molecule has 164 valence electrons. The Kier molecular flexibility index (Phi) is 5.41. The van der Waals surface area contributed by atoms with E-state index in [-0.39, 0.29) is 0 Å². The molecule has 0 radical (unpaired) electrons. The summed E-state index contributed by atoms with van der Waals surface area (Å²) in [5.74, 6) is 0.807. The number of rotatable bonds is 5. The molecule has 1 saturated heterocycles. The lowest BCUT2D eigenvalue weighted by Crippen LogP contribution is -2.35. The third-order valence-corrected chi connectivity index (χ3v) is 6.44. The first kappa shape index (κ1) is 20.3. The molecule has 3 aromatic carbocycles. The van der Waals surface area contributed by atoms with Gasteiger partial charge in [-0.25, -0.2) is 14.3 Å². The smallest absolute Gasteiger partial charge is 0.418 e. The van der Waals surface area contributed by atoms with Crippen LogP contribution in [0.5, 0.6) is 0 Å². The average Bonchev–Trinajstić information content (AvgIpc) is 3.19. The van der Waals surface area contributed by atoms with Crippen molar-refractivity contribution in [1.29, 1.82) is 0 Å². The molecule has 2 heterocycles. The average molecular weight is 430 g/mol. The molecule has 0 spiro atoms. The Hall–Kier alpha value is -3.58. The van der Waals surface area contributed by atoms with Gasteiger partial charge in [0, 0.05) is 13.1 Å². The SMILES string of the molecule is Nc1cccc2c1nc(NCC1CCN(Cc3cccc4ccccc34)CC1)n2C(=O)O. The first-order chi connectivity index (χ1) is 15.6. The van der Waals surface area contributed by atoms with Crippen molar-refractivity contribution in [2.24, 2.45) is 5.92 Å². The summed E-state index contributed by atoms with van der Waals surface area (Å²) >= 11 is 0. The number of imidazole rings is 1. The molecule has 0 unspecified atom stereocenters. The van der Waals surface area contributed by atoms with Crippen molar-refractivity contribution in [1.82, 2.24) is 14.5 Å². The zero-order chi connectivity index (χ0) is 22.1. The molecule has 5 rings (SSSR count). The van der Waals surface area contributed by atoms with Gasteiger partial charge in [0.05, 0.1) is 11.2 Å². The second-order valence-corrected chi connectivity index (χ2v) is 8.51. The van der Waals surface area contributed by atoms with Gasteiger partial charge in [-0.1, -0.05) is 48.5 Å². The Morgan fingerprint density at radius 1 is 1.06 bits per heavy atom. The molecule has 1 aliphatic rings. The zero-order valence-electron chi connectivity index (χ0n) is 17.9. The molecule has 0 saturated carbocycles. The van der Waals surface area contributed by atoms with Crippen molar-refractivity contribution in [2.45, 2.75) is 19.4 Å². The van der Waals surface area contributed by atoms with Gasteiger partial charge in [0.1, 0.15) is 5.52 Å². The largest absolute Gasteiger partial charge is 0.464 e. The van der Waals surface area contributed by atoms with Gasteiger partial charge in [0.2, 0.25) is 5.95 Å². The molecule has 1 fully saturated rings. The molecular weight excluding hydrogens is 402 g/mol. The summed E-state index contributed by atoms with van der Waals surface area (Å²) in [4.78, 5) is 18.8. The summed E-state index contributed by atoms with van der Waals surface area (Å²) in [6, 6.07) is 20.3. The van der Waals surface area contributed by atoms with E-state index in [2.05, 4.69) is 57.7 Å². The molecular formula is C25H27N5O2. The third kappa shape index (κ3) is 3.87. The molecule has 4 aromatic rings. The van der Waals surface area contributed by atoms with E-state index in [0.717, 1.165) is 32.5 Å². The number of nitrogens with two attached hydrogens (primary N) is 1. The normalized spacial score (nSPS) is 15.4. The molecule has 4 N–H and O–H groups in total. The number of nitrogens with one attached hydrogen (secondary N) is 1. The van der Waals surface area contributed by atoms with Crippen LogP contribution in [0.2, 0.25) is 0 Å². The van der Waals surface area contributed by atoms with Crippen LogP contribution < -0.4 is 11.1 Å². The van der Waals surface area contributed by atoms with Crippen LogP contribution in [0, 0.1) is 5.92 Å². The van der Waals surface area contributed by atoms with E-state index in [9.17, 15) is 9.90 Å². The highest BCUT2D eigenvalue weighted by molar-refractivity contribution is 5.95. The van der Waals surface area contributed by atoms with Crippen molar-refractivity contribution in [3.63, 3.8) is 0 Å². The number of aromatic nitrogens is 2. The number of likely N-dealkylation sites (tertiary alicyclic amines) is 1. The lowest BCUT2D eigenvalue weighted by Gasteiger charge is -2.32. The third-order valence-electron chi connectivity index (χ3n) is 6.44. The van der Waals surface area contributed by atoms with Crippen LogP contribution in [0.15, 0.2) is 60.7 Å². The van der Waals surface area contributed by atoms with E-state index >= 15 is 0 Å². The molecule has 0 aliphatic carbocycles. The molecule has 0 amide bonds. The van der Waals surface area contributed by atoms with Gasteiger partial charge in [0.25, 0.3) is 0 Å². The number of fused-ring (bicyclic) bond motifs is 2. The lowest BCUT2D eigenvalue weighted by molar-refractivity contribution is 0.182. The second-order valence-electron chi connectivity index (χ2n) is 8.51.